The number of aliphatic hydroxyl groups is 1. The van der Waals surface area contributed by atoms with Gasteiger partial charge in [-0.05, 0) is 64.4 Å². The summed E-state index contributed by atoms with van der Waals surface area (Å²) in [5.74, 6) is 0.799. The van der Waals surface area contributed by atoms with E-state index in [9.17, 15) is 5.11 Å². The molecule has 0 bridgehead atoms. The van der Waals surface area contributed by atoms with E-state index in [2.05, 4.69) is 4.98 Å². The van der Waals surface area contributed by atoms with Gasteiger partial charge in [0, 0.05) is 11.1 Å². The van der Waals surface area contributed by atoms with Crippen LogP contribution in [0.25, 0.3) is 10.9 Å². The van der Waals surface area contributed by atoms with Gasteiger partial charge in [-0.3, -0.25) is 4.98 Å². The second-order valence-corrected chi connectivity index (χ2v) is 5.92. The zero-order valence-corrected chi connectivity index (χ0v) is 12.2. The zero-order chi connectivity index (χ0) is 14.2. The average Bonchev–Trinajstić information content (AvgIpc) is 2.26. The zero-order valence-electron chi connectivity index (χ0n) is 12.2. The van der Waals surface area contributed by atoms with Crippen LogP contribution in [-0.4, -0.2) is 15.7 Å². The molecule has 0 aliphatic carbocycles. The Labute approximate surface area is 114 Å². The third-order valence-corrected chi connectivity index (χ3v) is 2.81. The largest absolute Gasteiger partial charge is 0.488 e. The van der Waals surface area contributed by atoms with Crippen LogP contribution in [0.5, 0.6) is 5.75 Å². The highest BCUT2D eigenvalue weighted by atomic mass is 16.5. The van der Waals surface area contributed by atoms with Crippen molar-refractivity contribution in [3.8, 4) is 5.75 Å². The molecule has 0 fully saturated rings. The van der Waals surface area contributed by atoms with Gasteiger partial charge in [-0.2, -0.15) is 0 Å². The number of hydrogen-bond donors (Lipinski definition) is 1. The number of benzene rings is 1. The van der Waals surface area contributed by atoms with Crippen molar-refractivity contribution in [2.45, 2.75) is 46.3 Å². The first-order valence-corrected chi connectivity index (χ1v) is 6.55. The van der Waals surface area contributed by atoms with E-state index in [1.54, 1.807) is 6.92 Å². The van der Waals surface area contributed by atoms with Crippen LogP contribution in [0.4, 0.5) is 0 Å². The number of aryl methyl sites for hydroxylation is 1. The predicted molar refractivity (Wildman–Crippen MR) is 77.5 cm³/mol. The van der Waals surface area contributed by atoms with E-state index in [0.717, 1.165) is 27.9 Å². The van der Waals surface area contributed by atoms with Crippen molar-refractivity contribution in [1.82, 2.24) is 4.98 Å². The van der Waals surface area contributed by atoms with Crippen LogP contribution in [0.15, 0.2) is 24.3 Å². The van der Waals surface area contributed by atoms with Gasteiger partial charge >= 0.3 is 0 Å². The van der Waals surface area contributed by atoms with E-state index >= 15 is 0 Å². The maximum absolute atomic E-state index is 9.90. The first-order valence-electron chi connectivity index (χ1n) is 6.55. The third kappa shape index (κ3) is 3.24. The number of ether oxygens (including phenoxy) is 1. The summed E-state index contributed by atoms with van der Waals surface area (Å²) in [5.41, 5.74) is 2.45. The van der Waals surface area contributed by atoms with Crippen molar-refractivity contribution in [3.05, 3.63) is 35.5 Å². The monoisotopic (exact) mass is 259 g/mol. The fourth-order valence-electron chi connectivity index (χ4n) is 2.13. The molecule has 0 aliphatic heterocycles. The number of aliphatic hydroxyl groups excluding tert-OH is 1. The van der Waals surface area contributed by atoms with Crippen molar-refractivity contribution in [3.63, 3.8) is 0 Å². The Morgan fingerprint density at radius 1 is 1.21 bits per heavy atom. The van der Waals surface area contributed by atoms with E-state index in [0.29, 0.717) is 0 Å². The van der Waals surface area contributed by atoms with Crippen LogP contribution in [0, 0.1) is 6.92 Å². The number of hydrogen-bond acceptors (Lipinski definition) is 3. The summed E-state index contributed by atoms with van der Waals surface area (Å²) in [6.07, 6.45) is -0.519. The molecule has 0 saturated heterocycles. The summed E-state index contributed by atoms with van der Waals surface area (Å²) >= 11 is 0. The Bertz CT molecular complexity index is 597. The first kappa shape index (κ1) is 13.8. The van der Waals surface area contributed by atoms with E-state index < -0.39 is 6.10 Å². The lowest BCUT2D eigenvalue weighted by Gasteiger charge is -2.22. The Kier molecular flexibility index (Phi) is 3.50. The molecule has 1 heterocycles. The van der Waals surface area contributed by atoms with Crippen LogP contribution in [0.1, 0.15) is 45.1 Å². The van der Waals surface area contributed by atoms with Gasteiger partial charge in [0.2, 0.25) is 0 Å². The van der Waals surface area contributed by atoms with Crippen LogP contribution in [0.3, 0.4) is 0 Å². The molecule has 2 aromatic rings. The van der Waals surface area contributed by atoms with Crippen molar-refractivity contribution in [1.29, 1.82) is 0 Å². The molecule has 0 aliphatic rings. The van der Waals surface area contributed by atoms with Gasteiger partial charge in [-0.1, -0.05) is 0 Å². The molecule has 0 amide bonds. The van der Waals surface area contributed by atoms with Gasteiger partial charge in [0.15, 0.2) is 0 Å². The van der Waals surface area contributed by atoms with E-state index in [1.807, 2.05) is 52.0 Å². The molecule has 1 aromatic carbocycles. The summed E-state index contributed by atoms with van der Waals surface area (Å²) in [7, 11) is 0. The minimum absolute atomic E-state index is 0.239. The molecule has 19 heavy (non-hydrogen) atoms. The SMILES string of the molecule is Cc1cc(C(C)O)c2cc(OC(C)(C)C)ccc2n1. The fraction of sp³-hybridized carbons (Fsp3) is 0.438. The van der Waals surface area contributed by atoms with Crippen molar-refractivity contribution >= 4 is 10.9 Å². The highest BCUT2D eigenvalue weighted by molar-refractivity contribution is 5.84. The summed E-state index contributed by atoms with van der Waals surface area (Å²) in [6.45, 7) is 9.75. The Balaban J connectivity index is 2.57. The Morgan fingerprint density at radius 3 is 2.47 bits per heavy atom. The molecule has 102 valence electrons. The normalized spacial score (nSPS) is 13.6. The van der Waals surface area contributed by atoms with Crippen molar-refractivity contribution < 1.29 is 9.84 Å². The second kappa shape index (κ2) is 4.82. The number of rotatable bonds is 2. The number of aromatic nitrogens is 1. The van der Waals surface area contributed by atoms with E-state index in [-0.39, 0.29) is 5.60 Å². The minimum Gasteiger partial charge on any atom is -0.488 e. The quantitative estimate of drug-likeness (QED) is 0.892. The third-order valence-electron chi connectivity index (χ3n) is 2.81. The van der Waals surface area contributed by atoms with Crippen LogP contribution in [0.2, 0.25) is 0 Å². The standard InChI is InChI=1S/C16H21NO2/c1-10-8-13(11(2)18)14-9-12(19-16(3,4)5)6-7-15(14)17-10/h6-9,11,18H,1-5H3. The van der Waals surface area contributed by atoms with Crippen LogP contribution >= 0.6 is 0 Å². The fourth-order valence-corrected chi connectivity index (χ4v) is 2.13. The van der Waals surface area contributed by atoms with Crippen LogP contribution < -0.4 is 4.74 Å². The molecular formula is C16H21NO2. The summed E-state index contributed by atoms with van der Waals surface area (Å²) in [6, 6.07) is 7.74. The molecule has 2 rings (SSSR count). The molecule has 0 spiro atoms. The van der Waals surface area contributed by atoms with Crippen LogP contribution in [-0.2, 0) is 0 Å². The average molecular weight is 259 g/mol. The van der Waals surface area contributed by atoms with E-state index in [4.69, 9.17) is 4.74 Å². The lowest BCUT2D eigenvalue weighted by molar-refractivity contribution is 0.131. The lowest BCUT2D eigenvalue weighted by atomic mass is 10.0. The summed E-state index contributed by atoms with van der Waals surface area (Å²) < 4.78 is 5.87. The molecule has 1 atom stereocenters. The number of nitrogens with zero attached hydrogens (tertiary/aromatic N) is 1. The highest BCUT2D eigenvalue weighted by Gasteiger charge is 2.14. The molecule has 0 saturated carbocycles. The van der Waals surface area contributed by atoms with Crippen molar-refractivity contribution in [2.24, 2.45) is 0 Å². The Morgan fingerprint density at radius 2 is 1.89 bits per heavy atom. The maximum Gasteiger partial charge on any atom is 0.120 e. The Hall–Kier alpha value is -1.61. The molecular weight excluding hydrogens is 238 g/mol. The maximum atomic E-state index is 9.90. The topological polar surface area (TPSA) is 42.4 Å². The van der Waals surface area contributed by atoms with Gasteiger partial charge in [0.05, 0.1) is 11.6 Å². The molecule has 3 nitrogen and oxygen atoms in total. The van der Waals surface area contributed by atoms with E-state index in [1.165, 1.54) is 0 Å². The molecule has 0 radical (unpaired) electrons. The first-order chi connectivity index (χ1) is 8.76. The minimum atomic E-state index is -0.519. The van der Waals surface area contributed by atoms with Crippen molar-refractivity contribution in [2.75, 3.05) is 0 Å². The molecule has 3 heteroatoms. The van der Waals surface area contributed by atoms with Gasteiger partial charge in [-0.15, -0.1) is 0 Å². The number of pyridine rings is 1. The van der Waals surface area contributed by atoms with Gasteiger partial charge in [0.1, 0.15) is 11.4 Å². The van der Waals surface area contributed by atoms with Gasteiger partial charge in [-0.25, -0.2) is 0 Å². The highest BCUT2D eigenvalue weighted by Crippen LogP contribution is 2.29. The molecule has 1 N–H and O–H groups in total. The molecule has 1 aromatic heterocycles. The smallest absolute Gasteiger partial charge is 0.120 e. The molecule has 1 unspecified atom stereocenters. The second-order valence-electron chi connectivity index (χ2n) is 5.92. The lowest BCUT2D eigenvalue weighted by Crippen LogP contribution is -2.22. The summed E-state index contributed by atoms with van der Waals surface area (Å²) in [4.78, 5) is 4.49. The van der Waals surface area contributed by atoms with Gasteiger partial charge in [0.25, 0.3) is 0 Å². The number of fused-ring (bicyclic) bond motifs is 1. The predicted octanol–water partition coefficient (Wildman–Crippen LogP) is 3.77. The van der Waals surface area contributed by atoms with Gasteiger partial charge < -0.3 is 9.84 Å². The summed E-state index contributed by atoms with van der Waals surface area (Å²) in [5, 5.41) is 10.8.